The predicted molar refractivity (Wildman–Crippen MR) is 74.2 cm³/mol. The van der Waals surface area contributed by atoms with Crippen molar-refractivity contribution in [1.29, 1.82) is 0 Å². The highest BCUT2D eigenvalue weighted by molar-refractivity contribution is 6.37. The van der Waals surface area contributed by atoms with Crippen LogP contribution in [0.2, 0.25) is 10.0 Å². The third-order valence-electron chi connectivity index (χ3n) is 2.38. The van der Waals surface area contributed by atoms with Crippen molar-refractivity contribution in [1.82, 2.24) is 5.32 Å². The average molecular weight is 276 g/mol. The highest BCUT2D eigenvalue weighted by Gasteiger charge is 2.09. The molecule has 1 aromatic carbocycles. The third kappa shape index (κ3) is 4.74. The van der Waals surface area contributed by atoms with Crippen molar-refractivity contribution in [2.24, 2.45) is 0 Å². The van der Waals surface area contributed by atoms with Gasteiger partial charge in [-0.2, -0.15) is 0 Å². The molecule has 96 valence electrons. The van der Waals surface area contributed by atoms with E-state index in [1.165, 1.54) is 0 Å². The van der Waals surface area contributed by atoms with Crippen LogP contribution in [-0.2, 0) is 6.54 Å². The highest BCUT2D eigenvalue weighted by Crippen LogP contribution is 2.34. The fourth-order valence-electron chi connectivity index (χ4n) is 1.44. The van der Waals surface area contributed by atoms with E-state index in [9.17, 15) is 0 Å². The molecule has 1 N–H and O–H groups in total. The van der Waals surface area contributed by atoms with Crippen LogP contribution in [0.5, 0.6) is 5.75 Å². The monoisotopic (exact) mass is 275 g/mol. The second-order valence-electron chi connectivity index (χ2n) is 3.87. The van der Waals surface area contributed by atoms with Crippen LogP contribution in [0.15, 0.2) is 12.1 Å². The lowest BCUT2D eigenvalue weighted by Gasteiger charge is -2.11. The van der Waals surface area contributed by atoms with Crippen LogP contribution >= 0.6 is 23.2 Å². The molecular weight excluding hydrogens is 257 g/mol. The Bertz CT molecular complexity index is 332. The van der Waals surface area contributed by atoms with Crippen LogP contribution in [0.1, 0.15) is 32.3 Å². The molecule has 0 aromatic heterocycles. The molecule has 0 heterocycles. The first-order valence-electron chi connectivity index (χ1n) is 6.00. The summed E-state index contributed by atoms with van der Waals surface area (Å²) in [6.45, 7) is 6.52. The van der Waals surface area contributed by atoms with Gasteiger partial charge < -0.3 is 10.1 Å². The summed E-state index contributed by atoms with van der Waals surface area (Å²) in [4.78, 5) is 0. The van der Waals surface area contributed by atoms with Gasteiger partial charge >= 0.3 is 0 Å². The smallest absolute Gasteiger partial charge is 0.156 e. The topological polar surface area (TPSA) is 21.3 Å². The number of unbranched alkanes of at least 4 members (excludes halogenated alkanes) is 1. The van der Waals surface area contributed by atoms with Crippen molar-refractivity contribution in [2.45, 2.75) is 33.2 Å². The minimum atomic E-state index is 0.585. The number of rotatable bonds is 7. The lowest BCUT2D eigenvalue weighted by atomic mass is 10.2. The molecule has 1 rings (SSSR count). The molecule has 0 aliphatic heterocycles. The standard InChI is InChI=1S/C13H19Cl2NO/c1-3-5-6-17-13-11(14)7-10(8-12(13)15)9-16-4-2/h7-8,16H,3-6,9H2,1-2H3. The molecule has 0 spiro atoms. The summed E-state index contributed by atoms with van der Waals surface area (Å²) < 4.78 is 5.58. The average Bonchev–Trinajstić information content (AvgIpc) is 2.30. The van der Waals surface area contributed by atoms with E-state index in [1.807, 2.05) is 12.1 Å². The zero-order valence-corrected chi connectivity index (χ0v) is 11.9. The Kier molecular flexibility index (Phi) is 6.71. The minimum absolute atomic E-state index is 0.585. The summed E-state index contributed by atoms with van der Waals surface area (Å²) in [7, 11) is 0. The fraction of sp³-hybridized carbons (Fsp3) is 0.538. The number of halogens is 2. The first-order chi connectivity index (χ1) is 8.19. The van der Waals surface area contributed by atoms with Crippen molar-refractivity contribution >= 4 is 23.2 Å². The molecule has 4 heteroatoms. The van der Waals surface area contributed by atoms with E-state index in [-0.39, 0.29) is 0 Å². The Morgan fingerprint density at radius 2 is 1.82 bits per heavy atom. The second-order valence-corrected chi connectivity index (χ2v) is 4.69. The van der Waals surface area contributed by atoms with E-state index in [0.29, 0.717) is 22.4 Å². The van der Waals surface area contributed by atoms with Gasteiger partial charge in [-0.3, -0.25) is 0 Å². The number of hydrogen-bond donors (Lipinski definition) is 1. The maximum Gasteiger partial charge on any atom is 0.156 e. The molecule has 0 fully saturated rings. The van der Waals surface area contributed by atoms with Gasteiger partial charge in [0.25, 0.3) is 0 Å². The van der Waals surface area contributed by atoms with Crippen LogP contribution in [0.3, 0.4) is 0 Å². The SMILES string of the molecule is CCCCOc1c(Cl)cc(CNCC)cc1Cl. The summed E-state index contributed by atoms with van der Waals surface area (Å²) in [5, 5.41) is 4.40. The molecule has 0 aliphatic rings. The molecule has 0 radical (unpaired) electrons. The van der Waals surface area contributed by atoms with Gasteiger partial charge in [0.15, 0.2) is 5.75 Å². The largest absolute Gasteiger partial charge is 0.490 e. The summed E-state index contributed by atoms with van der Waals surface area (Å²) in [5.74, 6) is 0.599. The molecule has 0 bridgehead atoms. The van der Waals surface area contributed by atoms with Gasteiger partial charge in [0, 0.05) is 6.54 Å². The normalized spacial score (nSPS) is 10.6. The first-order valence-corrected chi connectivity index (χ1v) is 6.76. The van der Waals surface area contributed by atoms with Crippen LogP contribution in [0.25, 0.3) is 0 Å². The lowest BCUT2D eigenvalue weighted by Crippen LogP contribution is -2.11. The summed E-state index contributed by atoms with van der Waals surface area (Å²) >= 11 is 12.3. The number of ether oxygens (including phenoxy) is 1. The Labute approximate surface area is 113 Å². The summed E-state index contributed by atoms with van der Waals surface area (Å²) in [5.41, 5.74) is 1.07. The predicted octanol–water partition coefficient (Wildman–Crippen LogP) is 4.28. The fourth-order valence-corrected chi connectivity index (χ4v) is 2.08. The van der Waals surface area contributed by atoms with Crippen molar-refractivity contribution in [3.63, 3.8) is 0 Å². The summed E-state index contributed by atoms with van der Waals surface area (Å²) in [6.07, 6.45) is 2.10. The van der Waals surface area contributed by atoms with E-state index in [1.54, 1.807) is 0 Å². The van der Waals surface area contributed by atoms with Crippen LogP contribution in [0.4, 0.5) is 0 Å². The van der Waals surface area contributed by atoms with Crippen LogP contribution in [0, 0.1) is 0 Å². The van der Waals surface area contributed by atoms with Crippen LogP contribution < -0.4 is 10.1 Å². The van der Waals surface area contributed by atoms with E-state index in [2.05, 4.69) is 19.2 Å². The van der Waals surface area contributed by atoms with Gasteiger partial charge in [-0.25, -0.2) is 0 Å². The number of benzene rings is 1. The molecule has 0 amide bonds. The van der Waals surface area contributed by atoms with E-state index in [4.69, 9.17) is 27.9 Å². The van der Waals surface area contributed by atoms with Crippen molar-refractivity contribution < 1.29 is 4.74 Å². The summed E-state index contributed by atoms with van der Waals surface area (Å²) in [6, 6.07) is 3.80. The molecule has 17 heavy (non-hydrogen) atoms. The highest BCUT2D eigenvalue weighted by atomic mass is 35.5. The molecule has 0 aliphatic carbocycles. The van der Waals surface area contributed by atoms with Crippen molar-refractivity contribution in [3.05, 3.63) is 27.7 Å². The van der Waals surface area contributed by atoms with Gasteiger partial charge in [-0.15, -0.1) is 0 Å². The Morgan fingerprint density at radius 3 is 2.35 bits per heavy atom. The van der Waals surface area contributed by atoms with Gasteiger partial charge in [0.2, 0.25) is 0 Å². The van der Waals surface area contributed by atoms with E-state index >= 15 is 0 Å². The molecule has 0 saturated heterocycles. The molecule has 1 aromatic rings. The van der Waals surface area contributed by atoms with Gasteiger partial charge in [-0.1, -0.05) is 43.5 Å². The maximum absolute atomic E-state index is 6.16. The Hall–Kier alpha value is -0.440. The number of nitrogens with one attached hydrogen (secondary N) is 1. The minimum Gasteiger partial charge on any atom is -0.490 e. The van der Waals surface area contributed by atoms with Crippen molar-refractivity contribution in [3.8, 4) is 5.75 Å². The van der Waals surface area contributed by atoms with E-state index in [0.717, 1.165) is 31.5 Å². The second kappa shape index (κ2) is 7.80. The van der Waals surface area contributed by atoms with Gasteiger partial charge in [-0.05, 0) is 30.7 Å². The lowest BCUT2D eigenvalue weighted by molar-refractivity contribution is 0.309. The van der Waals surface area contributed by atoms with Gasteiger partial charge in [0.05, 0.1) is 16.7 Å². The Morgan fingerprint density at radius 1 is 1.18 bits per heavy atom. The first kappa shape index (κ1) is 14.6. The molecule has 0 saturated carbocycles. The maximum atomic E-state index is 6.16. The molecule has 0 unspecified atom stereocenters. The molecular formula is C13H19Cl2NO. The molecule has 2 nitrogen and oxygen atoms in total. The van der Waals surface area contributed by atoms with Crippen LogP contribution in [-0.4, -0.2) is 13.2 Å². The van der Waals surface area contributed by atoms with E-state index < -0.39 is 0 Å². The zero-order valence-electron chi connectivity index (χ0n) is 10.4. The van der Waals surface area contributed by atoms with Crippen molar-refractivity contribution in [2.75, 3.05) is 13.2 Å². The Balaban J connectivity index is 2.72. The molecule has 0 atom stereocenters. The number of hydrogen-bond acceptors (Lipinski definition) is 2. The zero-order chi connectivity index (χ0) is 12.7. The third-order valence-corrected chi connectivity index (χ3v) is 2.94. The van der Waals surface area contributed by atoms with Gasteiger partial charge in [0.1, 0.15) is 0 Å². The quantitative estimate of drug-likeness (QED) is 0.750.